The summed E-state index contributed by atoms with van der Waals surface area (Å²) in [5, 5.41) is 0. The van der Waals surface area contributed by atoms with Gasteiger partial charge in [-0.15, -0.1) is 0 Å². The Hall–Kier alpha value is -1.15. The first-order chi connectivity index (χ1) is 8.15. The number of nitrogens with zero attached hydrogens (tertiary/aromatic N) is 1. The summed E-state index contributed by atoms with van der Waals surface area (Å²) in [4.78, 5) is 13.6. The highest BCUT2D eigenvalue weighted by molar-refractivity contribution is 5.75. The number of hydrogen-bond donors (Lipinski definition) is 0. The first-order valence-corrected chi connectivity index (χ1v) is 6.42. The summed E-state index contributed by atoms with van der Waals surface area (Å²) >= 11 is 0. The Morgan fingerprint density at radius 2 is 2.06 bits per heavy atom. The fraction of sp³-hybridized carbons (Fsp3) is 0.533. The second-order valence-electron chi connectivity index (χ2n) is 5.27. The van der Waals surface area contributed by atoms with Crippen molar-refractivity contribution < 1.29 is 4.79 Å². The van der Waals surface area contributed by atoms with Crippen molar-refractivity contribution in [3.05, 3.63) is 35.9 Å². The summed E-state index contributed by atoms with van der Waals surface area (Å²) in [7, 11) is 0. The van der Waals surface area contributed by atoms with E-state index in [0.29, 0.717) is 17.7 Å². The molecule has 0 N–H and O–H groups in total. The van der Waals surface area contributed by atoms with Gasteiger partial charge >= 0.3 is 0 Å². The van der Waals surface area contributed by atoms with Gasteiger partial charge in [-0.05, 0) is 31.7 Å². The fourth-order valence-electron chi connectivity index (χ4n) is 2.81. The Kier molecular flexibility index (Phi) is 3.95. The Labute approximate surface area is 104 Å². The normalized spacial score (nSPS) is 25.1. The summed E-state index contributed by atoms with van der Waals surface area (Å²) in [6, 6.07) is 11.2. The van der Waals surface area contributed by atoms with Crippen LogP contribution in [-0.2, 0) is 11.3 Å². The van der Waals surface area contributed by atoms with Crippen molar-refractivity contribution in [3.63, 3.8) is 0 Å². The molecule has 1 aliphatic heterocycles. The zero-order valence-electron chi connectivity index (χ0n) is 10.7. The molecule has 2 heteroatoms. The van der Waals surface area contributed by atoms with Gasteiger partial charge in [-0.2, -0.15) is 0 Å². The van der Waals surface area contributed by atoms with Crippen molar-refractivity contribution in [1.82, 2.24) is 4.90 Å². The van der Waals surface area contributed by atoms with Crippen molar-refractivity contribution in [2.45, 2.75) is 39.3 Å². The topological polar surface area (TPSA) is 20.3 Å². The lowest BCUT2D eigenvalue weighted by Crippen LogP contribution is -2.26. The van der Waals surface area contributed by atoms with E-state index < -0.39 is 0 Å². The van der Waals surface area contributed by atoms with Gasteiger partial charge in [0.25, 0.3) is 0 Å². The number of rotatable bonds is 4. The van der Waals surface area contributed by atoms with E-state index in [1.807, 2.05) is 0 Å². The van der Waals surface area contributed by atoms with E-state index in [-0.39, 0.29) is 0 Å². The predicted molar refractivity (Wildman–Crippen MR) is 69.7 cm³/mol. The lowest BCUT2D eigenvalue weighted by molar-refractivity contribution is -0.117. The van der Waals surface area contributed by atoms with E-state index in [2.05, 4.69) is 42.2 Å². The highest BCUT2D eigenvalue weighted by atomic mass is 16.1. The quantitative estimate of drug-likeness (QED) is 0.794. The average Bonchev–Trinajstić information content (AvgIpc) is 2.59. The van der Waals surface area contributed by atoms with Crippen LogP contribution < -0.4 is 0 Å². The van der Waals surface area contributed by atoms with Gasteiger partial charge in [-0.1, -0.05) is 30.3 Å². The van der Waals surface area contributed by atoms with Crippen molar-refractivity contribution in [1.29, 1.82) is 0 Å². The van der Waals surface area contributed by atoms with Crippen molar-refractivity contribution in [2.75, 3.05) is 6.54 Å². The van der Waals surface area contributed by atoms with E-state index in [0.717, 1.165) is 25.9 Å². The summed E-state index contributed by atoms with van der Waals surface area (Å²) in [6.07, 6.45) is 1.90. The molecule has 1 aliphatic rings. The van der Waals surface area contributed by atoms with Gasteiger partial charge in [0.15, 0.2) is 0 Å². The predicted octanol–water partition coefficient (Wildman–Crippen LogP) is 2.88. The Balaban J connectivity index is 1.92. The molecule has 0 bridgehead atoms. The van der Waals surface area contributed by atoms with Crippen LogP contribution in [0.25, 0.3) is 0 Å². The molecule has 0 radical (unpaired) electrons. The van der Waals surface area contributed by atoms with Crippen molar-refractivity contribution >= 4 is 5.78 Å². The third-order valence-electron chi connectivity index (χ3n) is 3.60. The number of benzene rings is 1. The molecule has 1 saturated heterocycles. The molecule has 2 nitrogen and oxygen atoms in total. The van der Waals surface area contributed by atoms with E-state index in [4.69, 9.17) is 0 Å². The summed E-state index contributed by atoms with van der Waals surface area (Å²) in [5.41, 5.74) is 1.36. The van der Waals surface area contributed by atoms with Crippen molar-refractivity contribution in [2.24, 2.45) is 5.92 Å². The maximum Gasteiger partial charge on any atom is 0.130 e. The maximum absolute atomic E-state index is 11.2. The lowest BCUT2D eigenvalue weighted by Gasteiger charge is -2.20. The van der Waals surface area contributed by atoms with Crippen LogP contribution in [0, 0.1) is 5.92 Å². The molecule has 17 heavy (non-hydrogen) atoms. The molecule has 1 heterocycles. The number of carbonyl (C=O) groups excluding carboxylic acids is 1. The summed E-state index contributed by atoms with van der Waals surface area (Å²) < 4.78 is 0. The van der Waals surface area contributed by atoms with E-state index in [1.165, 1.54) is 5.56 Å². The summed E-state index contributed by atoms with van der Waals surface area (Å²) in [6.45, 7) is 6.04. The van der Waals surface area contributed by atoms with Crippen LogP contribution in [0.5, 0.6) is 0 Å². The lowest BCUT2D eigenvalue weighted by atomic mass is 10.0. The molecule has 1 fully saturated rings. The molecule has 0 aromatic heterocycles. The van der Waals surface area contributed by atoms with Gasteiger partial charge < -0.3 is 4.79 Å². The Morgan fingerprint density at radius 1 is 1.35 bits per heavy atom. The number of ketones is 1. The average molecular weight is 231 g/mol. The second kappa shape index (κ2) is 5.46. The Bertz CT molecular complexity index is 374. The number of Topliss-reactive ketones (excluding diaryl/α,β-unsaturated/α-hetero) is 1. The maximum atomic E-state index is 11.2. The zero-order valence-corrected chi connectivity index (χ0v) is 10.7. The van der Waals surface area contributed by atoms with Crippen LogP contribution in [0.4, 0.5) is 0 Å². The van der Waals surface area contributed by atoms with E-state index in [1.54, 1.807) is 6.92 Å². The van der Waals surface area contributed by atoms with Gasteiger partial charge in [0.1, 0.15) is 5.78 Å². The zero-order chi connectivity index (χ0) is 12.3. The molecule has 2 unspecified atom stereocenters. The second-order valence-corrected chi connectivity index (χ2v) is 5.27. The molecule has 92 valence electrons. The smallest absolute Gasteiger partial charge is 0.130 e. The molecule has 0 saturated carbocycles. The molecule has 1 aromatic rings. The highest BCUT2D eigenvalue weighted by Gasteiger charge is 2.29. The van der Waals surface area contributed by atoms with Gasteiger partial charge in [0.05, 0.1) is 0 Å². The third-order valence-corrected chi connectivity index (χ3v) is 3.60. The minimum absolute atomic E-state index is 0.323. The number of hydrogen-bond acceptors (Lipinski definition) is 2. The molecule has 0 amide bonds. The highest BCUT2D eigenvalue weighted by Crippen LogP contribution is 2.27. The molecule has 0 aliphatic carbocycles. The van der Waals surface area contributed by atoms with Crippen LogP contribution >= 0.6 is 0 Å². The van der Waals surface area contributed by atoms with Gasteiger partial charge in [0, 0.05) is 25.6 Å². The van der Waals surface area contributed by atoms with Crippen molar-refractivity contribution in [3.8, 4) is 0 Å². The van der Waals surface area contributed by atoms with Crippen LogP contribution in [0.1, 0.15) is 32.3 Å². The standard InChI is InChI=1S/C15H21NO/c1-12-8-15(9-13(2)17)11-16(12)10-14-6-4-3-5-7-14/h3-7,12,15H,8-11H2,1-2H3. The van der Waals surface area contributed by atoms with Crippen LogP contribution in [0.15, 0.2) is 30.3 Å². The first kappa shape index (κ1) is 12.3. The molecule has 1 aromatic carbocycles. The van der Waals surface area contributed by atoms with Gasteiger partial charge in [0.2, 0.25) is 0 Å². The van der Waals surface area contributed by atoms with Crippen LogP contribution in [0.3, 0.4) is 0 Å². The molecule has 2 rings (SSSR count). The molecule has 2 atom stereocenters. The first-order valence-electron chi connectivity index (χ1n) is 6.42. The minimum Gasteiger partial charge on any atom is -0.300 e. The SMILES string of the molecule is CC(=O)CC1CC(C)N(Cc2ccccc2)C1. The molecular formula is C15H21NO. The van der Waals surface area contributed by atoms with Gasteiger partial charge in [-0.25, -0.2) is 0 Å². The van der Waals surface area contributed by atoms with Crippen LogP contribution in [-0.4, -0.2) is 23.3 Å². The van der Waals surface area contributed by atoms with E-state index in [9.17, 15) is 4.79 Å². The Morgan fingerprint density at radius 3 is 2.71 bits per heavy atom. The third kappa shape index (κ3) is 3.40. The molecular weight excluding hydrogens is 210 g/mol. The van der Waals surface area contributed by atoms with E-state index >= 15 is 0 Å². The van der Waals surface area contributed by atoms with Gasteiger partial charge in [-0.3, -0.25) is 4.90 Å². The fourth-order valence-corrected chi connectivity index (χ4v) is 2.81. The minimum atomic E-state index is 0.323. The molecule has 0 spiro atoms. The number of carbonyl (C=O) groups is 1. The van der Waals surface area contributed by atoms with Crippen LogP contribution in [0.2, 0.25) is 0 Å². The summed E-state index contributed by atoms with van der Waals surface area (Å²) in [5.74, 6) is 0.884. The monoisotopic (exact) mass is 231 g/mol. The number of likely N-dealkylation sites (tertiary alicyclic amines) is 1. The largest absolute Gasteiger partial charge is 0.300 e.